The molecule has 0 aliphatic heterocycles. The number of oxime groups is 1. The van der Waals surface area contributed by atoms with Gasteiger partial charge in [0.1, 0.15) is 25.2 Å². The molecule has 1 unspecified atom stereocenters. The standard InChI is InChI=1S/C18H20N2O4/c1-13-8-4-7-11-16(13)24-12-14-9-5-6-10-15(14)17(20-23-3)18(19-21)22-2/h4-11,18H,12H2,1-3H3. The number of hydrogen-bond donors (Lipinski definition) is 0. The summed E-state index contributed by atoms with van der Waals surface area (Å²) in [6, 6.07) is 15.2. The molecule has 2 aromatic carbocycles. The molecular formula is C18H20N2O4. The lowest BCUT2D eigenvalue weighted by Crippen LogP contribution is -2.23. The summed E-state index contributed by atoms with van der Waals surface area (Å²) in [5.74, 6) is 0.800. The second-order valence-corrected chi connectivity index (χ2v) is 5.06. The van der Waals surface area contributed by atoms with Crippen LogP contribution in [0.2, 0.25) is 0 Å². The Balaban J connectivity index is 2.30. The minimum atomic E-state index is -1.05. The topological polar surface area (TPSA) is 69.5 Å². The Hall–Kier alpha value is -2.73. The van der Waals surface area contributed by atoms with Gasteiger partial charge in [0.05, 0.1) is 0 Å². The summed E-state index contributed by atoms with van der Waals surface area (Å²) in [4.78, 5) is 15.9. The van der Waals surface area contributed by atoms with Crippen molar-refractivity contribution in [3.63, 3.8) is 0 Å². The van der Waals surface area contributed by atoms with Gasteiger partial charge in [-0.15, -0.1) is 4.91 Å². The molecule has 0 spiro atoms. The van der Waals surface area contributed by atoms with E-state index in [0.29, 0.717) is 17.9 Å². The Kier molecular flexibility index (Phi) is 6.45. The molecule has 24 heavy (non-hydrogen) atoms. The summed E-state index contributed by atoms with van der Waals surface area (Å²) in [7, 11) is 2.80. The van der Waals surface area contributed by atoms with Crippen molar-refractivity contribution in [2.45, 2.75) is 19.8 Å². The van der Waals surface area contributed by atoms with Crippen molar-refractivity contribution in [2.75, 3.05) is 14.2 Å². The van der Waals surface area contributed by atoms with Gasteiger partial charge in [-0.2, -0.15) is 0 Å². The quantitative estimate of drug-likeness (QED) is 0.421. The minimum Gasteiger partial charge on any atom is -0.489 e. The van der Waals surface area contributed by atoms with Crippen molar-refractivity contribution in [2.24, 2.45) is 10.3 Å². The summed E-state index contributed by atoms with van der Waals surface area (Å²) >= 11 is 0. The summed E-state index contributed by atoms with van der Waals surface area (Å²) in [5.41, 5.74) is 2.89. The molecule has 0 bridgehead atoms. The molecule has 0 radical (unpaired) electrons. The summed E-state index contributed by atoms with van der Waals surface area (Å²) in [5, 5.41) is 6.86. The zero-order chi connectivity index (χ0) is 17.4. The van der Waals surface area contributed by atoms with Gasteiger partial charge in [-0.1, -0.05) is 47.6 Å². The van der Waals surface area contributed by atoms with Gasteiger partial charge in [0.25, 0.3) is 0 Å². The molecule has 126 valence electrons. The van der Waals surface area contributed by atoms with Gasteiger partial charge in [-0.25, -0.2) is 0 Å². The second-order valence-electron chi connectivity index (χ2n) is 5.06. The fourth-order valence-corrected chi connectivity index (χ4v) is 2.30. The Labute approximate surface area is 141 Å². The number of methoxy groups -OCH3 is 1. The van der Waals surface area contributed by atoms with Crippen LogP contribution in [0.4, 0.5) is 0 Å². The maximum Gasteiger partial charge on any atom is 0.236 e. The fraction of sp³-hybridized carbons (Fsp3) is 0.278. The number of ether oxygens (including phenoxy) is 2. The van der Waals surface area contributed by atoms with Crippen molar-refractivity contribution in [1.29, 1.82) is 0 Å². The van der Waals surface area contributed by atoms with Crippen LogP contribution >= 0.6 is 0 Å². The van der Waals surface area contributed by atoms with Crippen LogP contribution in [-0.2, 0) is 16.2 Å². The monoisotopic (exact) mass is 328 g/mol. The Morgan fingerprint density at radius 1 is 1.08 bits per heavy atom. The fourth-order valence-electron chi connectivity index (χ4n) is 2.30. The molecule has 0 aliphatic rings. The first-order valence-corrected chi connectivity index (χ1v) is 7.44. The molecule has 2 rings (SSSR count). The van der Waals surface area contributed by atoms with Gasteiger partial charge in [-0.05, 0) is 29.3 Å². The predicted octanol–water partition coefficient (Wildman–Crippen LogP) is 3.66. The molecule has 0 saturated heterocycles. The third-order valence-electron chi connectivity index (χ3n) is 3.51. The van der Waals surface area contributed by atoms with Crippen LogP contribution in [0.25, 0.3) is 0 Å². The SMILES string of the molecule is CON=C(c1ccccc1COc1ccccc1C)C(N=O)OC. The third kappa shape index (κ3) is 4.17. The first-order chi connectivity index (χ1) is 11.7. The maximum atomic E-state index is 11.0. The summed E-state index contributed by atoms with van der Waals surface area (Å²) in [6.45, 7) is 2.30. The lowest BCUT2D eigenvalue weighted by Gasteiger charge is -2.15. The highest BCUT2D eigenvalue weighted by atomic mass is 16.6. The van der Waals surface area contributed by atoms with E-state index in [1.54, 1.807) is 0 Å². The van der Waals surface area contributed by atoms with Gasteiger partial charge >= 0.3 is 0 Å². The number of nitrogens with zero attached hydrogens (tertiary/aromatic N) is 2. The minimum absolute atomic E-state index is 0.305. The zero-order valence-corrected chi connectivity index (χ0v) is 13.9. The molecule has 1 atom stereocenters. The lowest BCUT2D eigenvalue weighted by atomic mass is 10.0. The Morgan fingerprint density at radius 2 is 1.79 bits per heavy atom. The highest BCUT2D eigenvalue weighted by Crippen LogP contribution is 2.20. The first-order valence-electron chi connectivity index (χ1n) is 7.44. The van der Waals surface area contributed by atoms with E-state index in [9.17, 15) is 4.91 Å². The molecule has 0 fully saturated rings. The number of aryl methyl sites for hydroxylation is 1. The average molecular weight is 328 g/mol. The van der Waals surface area contributed by atoms with E-state index in [4.69, 9.17) is 14.3 Å². The molecular weight excluding hydrogens is 308 g/mol. The van der Waals surface area contributed by atoms with E-state index in [1.807, 2.05) is 55.5 Å². The predicted molar refractivity (Wildman–Crippen MR) is 92.1 cm³/mol. The van der Waals surface area contributed by atoms with E-state index >= 15 is 0 Å². The maximum absolute atomic E-state index is 11.0. The molecule has 6 nitrogen and oxygen atoms in total. The van der Waals surface area contributed by atoms with Crippen LogP contribution in [0.5, 0.6) is 5.75 Å². The molecule has 0 N–H and O–H groups in total. The normalized spacial score (nSPS) is 12.5. The third-order valence-corrected chi connectivity index (χ3v) is 3.51. The van der Waals surface area contributed by atoms with Gasteiger partial charge in [0.2, 0.25) is 6.23 Å². The van der Waals surface area contributed by atoms with Crippen molar-refractivity contribution in [1.82, 2.24) is 0 Å². The number of hydrogen-bond acceptors (Lipinski definition) is 6. The van der Waals surface area contributed by atoms with E-state index < -0.39 is 6.23 Å². The van der Waals surface area contributed by atoms with Crippen molar-refractivity contribution in [3.05, 3.63) is 70.1 Å². The van der Waals surface area contributed by atoms with Crippen molar-refractivity contribution >= 4 is 5.71 Å². The van der Waals surface area contributed by atoms with Crippen LogP contribution in [0.15, 0.2) is 58.9 Å². The van der Waals surface area contributed by atoms with E-state index in [2.05, 4.69) is 10.3 Å². The van der Waals surface area contributed by atoms with E-state index in [0.717, 1.165) is 16.9 Å². The largest absolute Gasteiger partial charge is 0.489 e. The van der Waals surface area contributed by atoms with Gasteiger partial charge in [-0.3, -0.25) is 0 Å². The van der Waals surface area contributed by atoms with Crippen LogP contribution in [-0.4, -0.2) is 26.2 Å². The molecule has 0 heterocycles. The number of para-hydroxylation sites is 1. The molecule has 6 heteroatoms. The highest BCUT2D eigenvalue weighted by Gasteiger charge is 2.22. The first kappa shape index (κ1) is 17.6. The van der Waals surface area contributed by atoms with Crippen LogP contribution in [0.3, 0.4) is 0 Å². The van der Waals surface area contributed by atoms with Gasteiger partial charge < -0.3 is 14.3 Å². The Morgan fingerprint density at radius 3 is 2.46 bits per heavy atom. The molecule has 0 saturated carbocycles. The van der Waals surface area contributed by atoms with E-state index in [1.165, 1.54) is 14.2 Å². The van der Waals surface area contributed by atoms with Gasteiger partial charge in [0.15, 0.2) is 0 Å². The van der Waals surface area contributed by atoms with Gasteiger partial charge in [0, 0.05) is 12.7 Å². The molecule has 0 aromatic heterocycles. The molecule has 0 amide bonds. The molecule has 0 aliphatic carbocycles. The van der Waals surface area contributed by atoms with Crippen molar-refractivity contribution in [3.8, 4) is 5.75 Å². The smallest absolute Gasteiger partial charge is 0.236 e. The highest BCUT2D eigenvalue weighted by molar-refractivity contribution is 6.04. The van der Waals surface area contributed by atoms with Crippen LogP contribution in [0.1, 0.15) is 16.7 Å². The molecule has 2 aromatic rings. The number of rotatable bonds is 8. The number of nitroso groups, excluding NO2 is 1. The van der Waals surface area contributed by atoms with Crippen LogP contribution < -0.4 is 4.74 Å². The number of benzene rings is 2. The van der Waals surface area contributed by atoms with Crippen molar-refractivity contribution < 1.29 is 14.3 Å². The zero-order valence-electron chi connectivity index (χ0n) is 13.9. The summed E-state index contributed by atoms with van der Waals surface area (Å²) < 4.78 is 11.0. The van der Waals surface area contributed by atoms with Crippen LogP contribution in [0, 0.1) is 11.8 Å². The average Bonchev–Trinajstić information content (AvgIpc) is 2.61. The second kappa shape index (κ2) is 8.79. The Bertz CT molecular complexity index is 716. The van der Waals surface area contributed by atoms with E-state index in [-0.39, 0.29) is 0 Å². The summed E-state index contributed by atoms with van der Waals surface area (Å²) in [6.07, 6.45) is -1.05. The lowest BCUT2D eigenvalue weighted by molar-refractivity contribution is 0.151.